The maximum absolute atomic E-state index is 12.9. The molecule has 1 aromatic rings. The van der Waals surface area contributed by atoms with Gasteiger partial charge in [-0.15, -0.1) is 0 Å². The number of rotatable bonds is 4. The van der Waals surface area contributed by atoms with Crippen molar-refractivity contribution in [1.82, 2.24) is 4.72 Å². The molecule has 1 unspecified atom stereocenters. The van der Waals surface area contributed by atoms with Crippen LogP contribution in [0.25, 0.3) is 0 Å². The van der Waals surface area contributed by atoms with Crippen LogP contribution >= 0.6 is 15.9 Å². The number of amides is 1. The van der Waals surface area contributed by atoms with Crippen LogP contribution in [0.3, 0.4) is 0 Å². The molecule has 1 fully saturated rings. The Morgan fingerprint density at radius 3 is 2.64 bits per heavy atom. The number of anilines is 1. The molecule has 0 aromatic heterocycles. The zero-order valence-corrected chi connectivity index (χ0v) is 16.2. The standard InChI is InChI=1S/C16H21BrN2O5S/c1-2-13-16(21)18-12-7-9(17)8-14(15(12)24-13)25(22,23)19-10-3-5-11(20)6-4-10/h7-8,10-11,13,19-20H,2-6H2,1H3,(H,18,21). The van der Waals surface area contributed by atoms with Gasteiger partial charge in [-0.25, -0.2) is 13.1 Å². The number of hydrogen-bond donors (Lipinski definition) is 3. The van der Waals surface area contributed by atoms with E-state index in [1.54, 1.807) is 13.0 Å². The fraction of sp³-hybridized carbons (Fsp3) is 0.562. The van der Waals surface area contributed by atoms with Gasteiger partial charge in [0, 0.05) is 10.5 Å². The minimum absolute atomic E-state index is 0.00134. The third-order valence-corrected chi connectivity index (χ3v) is 6.49. The Balaban J connectivity index is 1.92. The largest absolute Gasteiger partial charge is 0.477 e. The quantitative estimate of drug-likeness (QED) is 0.675. The molecule has 1 heterocycles. The van der Waals surface area contributed by atoms with Crippen LogP contribution in [0.2, 0.25) is 0 Å². The van der Waals surface area contributed by atoms with Gasteiger partial charge in [0.25, 0.3) is 5.91 Å². The molecule has 0 radical (unpaired) electrons. The number of carbonyl (C=O) groups excluding carboxylic acids is 1. The van der Waals surface area contributed by atoms with Crippen LogP contribution in [-0.2, 0) is 14.8 Å². The maximum atomic E-state index is 12.9. The Bertz CT molecular complexity index is 775. The van der Waals surface area contributed by atoms with E-state index in [0.717, 1.165) is 0 Å². The maximum Gasteiger partial charge on any atom is 0.265 e. The van der Waals surface area contributed by atoms with Crippen molar-refractivity contribution in [3.63, 3.8) is 0 Å². The van der Waals surface area contributed by atoms with Crippen LogP contribution in [0.15, 0.2) is 21.5 Å². The third-order valence-electron chi connectivity index (χ3n) is 4.51. The summed E-state index contributed by atoms with van der Waals surface area (Å²) >= 11 is 3.29. The Labute approximate surface area is 155 Å². The lowest BCUT2D eigenvalue weighted by molar-refractivity contribution is -0.123. The van der Waals surface area contributed by atoms with E-state index in [-0.39, 0.29) is 28.7 Å². The fourth-order valence-electron chi connectivity index (χ4n) is 3.14. The average molecular weight is 433 g/mol. The highest BCUT2D eigenvalue weighted by atomic mass is 79.9. The molecule has 1 saturated carbocycles. The number of carbonyl (C=O) groups is 1. The van der Waals surface area contributed by atoms with Crippen LogP contribution in [0.4, 0.5) is 5.69 Å². The number of nitrogens with one attached hydrogen (secondary N) is 2. The van der Waals surface area contributed by atoms with Gasteiger partial charge in [0.15, 0.2) is 11.9 Å². The highest BCUT2D eigenvalue weighted by molar-refractivity contribution is 9.10. The lowest BCUT2D eigenvalue weighted by Gasteiger charge is -2.29. The molecule has 1 aliphatic carbocycles. The first-order valence-electron chi connectivity index (χ1n) is 8.31. The highest BCUT2D eigenvalue weighted by Gasteiger charge is 2.33. The summed E-state index contributed by atoms with van der Waals surface area (Å²) in [5.41, 5.74) is 0.337. The van der Waals surface area contributed by atoms with Gasteiger partial charge in [0.05, 0.1) is 11.8 Å². The van der Waals surface area contributed by atoms with Gasteiger partial charge in [-0.05, 0) is 44.2 Å². The van der Waals surface area contributed by atoms with Crippen molar-refractivity contribution in [2.24, 2.45) is 0 Å². The fourth-order valence-corrected chi connectivity index (χ4v) is 5.23. The van der Waals surface area contributed by atoms with Gasteiger partial charge in [0.2, 0.25) is 10.0 Å². The summed E-state index contributed by atoms with van der Waals surface area (Å²) < 4.78 is 34.7. The summed E-state index contributed by atoms with van der Waals surface area (Å²) in [4.78, 5) is 12.0. The van der Waals surface area contributed by atoms with Gasteiger partial charge < -0.3 is 15.2 Å². The summed E-state index contributed by atoms with van der Waals surface area (Å²) in [6.07, 6.45) is 1.70. The van der Waals surface area contributed by atoms with Crippen LogP contribution < -0.4 is 14.8 Å². The van der Waals surface area contributed by atoms with Crippen molar-refractivity contribution >= 4 is 37.5 Å². The Kier molecular flexibility index (Phi) is 5.38. The molecule has 25 heavy (non-hydrogen) atoms. The molecule has 1 aliphatic heterocycles. The molecule has 138 valence electrons. The lowest BCUT2D eigenvalue weighted by Crippen LogP contribution is -2.40. The summed E-state index contributed by atoms with van der Waals surface area (Å²) in [5.74, 6) is -0.122. The SMILES string of the molecule is CCC1Oc2c(cc(Br)cc2S(=O)(=O)NC2CCC(O)CC2)NC1=O. The first-order valence-corrected chi connectivity index (χ1v) is 10.6. The van der Waals surface area contributed by atoms with E-state index in [1.165, 1.54) is 6.07 Å². The van der Waals surface area contributed by atoms with Crippen LogP contribution in [-0.4, -0.2) is 37.7 Å². The van der Waals surface area contributed by atoms with E-state index in [1.807, 2.05) is 0 Å². The molecule has 1 amide bonds. The monoisotopic (exact) mass is 432 g/mol. The second-order valence-electron chi connectivity index (χ2n) is 6.41. The number of benzene rings is 1. The average Bonchev–Trinajstić information content (AvgIpc) is 2.55. The summed E-state index contributed by atoms with van der Waals surface area (Å²) in [5, 5.41) is 12.3. The van der Waals surface area contributed by atoms with Gasteiger partial charge in [0.1, 0.15) is 4.90 Å². The minimum atomic E-state index is -3.83. The first kappa shape index (κ1) is 18.6. The number of ether oxygens (including phenoxy) is 1. The van der Waals surface area contributed by atoms with Crippen molar-refractivity contribution in [1.29, 1.82) is 0 Å². The third kappa shape index (κ3) is 3.99. The molecular formula is C16H21BrN2O5S. The first-order chi connectivity index (χ1) is 11.8. The molecule has 1 atom stereocenters. The van der Waals surface area contributed by atoms with E-state index in [4.69, 9.17) is 4.74 Å². The van der Waals surface area contributed by atoms with Gasteiger partial charge in [-0.3, -0.25) is 4.79 Å². The molecule has 0 bridgehead atoms. The van der Waals surface area contributed by atoms with E-state index in [0.29, 0.717) is 42.3 Å². The molecule has 0 saturated heterocycles. The second-order valence-corrected chi connectivity index (χ2v) is 9.01. The van der Waals surface area contributed by atoms with Crippen molar-refractivity contribution in [3.8, 4) is 5.75 Å². The minimum Gasteiger partial charge on any atom is -0.477 e. The van der Waals surface area contributed by atoms with Gasteiger partial charge in [-0.2, -0.15) is 0 Å². The molecule has 3 N–H and O–H groups in total. The molecule has 3 rings (SSSR count). The number of aliphatic hydroxyl groups excluding tert-OH is 1. The predicted molar refractivity (Wildman–Crippen MR) is 96.1 cm³/mol. The van der Waals surface area contributed by atoms with Gasteiger partial charge in [-0.1, -0.05) is 22.9 Å². The van der Waals surface area contributed by atoms with Crippen LogP contribution in [0.5, 0.6) is 5.75 Å². The van der Waals surface area contributed by atoms with Crippen LogP contribution in [0, 0.1) is 0 Å². The molecule has 7 nitrogen and oxygen atoms in total. The van der Waals surface area contributed by atoms with Gasteiger partial charge >= 0.3 is 0 Å². The lowest BCUT2D eigenvalue weighted by atomic mass is 9.94. The Morgan fingerprint density at radius 2 is 2.00 bits per heavy atom. The number of fused-ring (bicyclic) bond motifs is 1. The number of aliphatic hydroxyl groups is 1. The molecule has 2 aliphatic rings. The predicted octanol–water partition coefficient (Wildman–Crippen LogP) is 2.14. The smallest absolute Gasteiger partial charge is 0.265 e. The van der Waals surface area contributed by atoms with E-state index >= 15 is 0 Å². The summed E-state index contributed by atoms with van der Waals surface area (Å²) in [6.45, 7) is 1.80. The number of halogens is 1. The van der Waals surface area contributed by atoms with E-state index in [9.17, 15) is 18.3 Å². The summed E-state index contributed by atoms with van der Waals surface area (Å²) in [7, 11) is -3.83. The highest BCUT2D eigenvalue weighted by Crippen LogP contribution is 2.39. The molecular weight excluding hydrogens is 412 g/mol. The van der Waals surface area contributed by atoms with E-state index < -0.39 is 16.1 Å². The van der Waals surface area contributed by atoms with Crippen LogP contribution in [0.1, 0.15) is 39.0 Å². The normalized spacial score (nSPS) is 26.5. The van der Waals surface area contributed by atoms with Crippen molar-refractivity contribution < 1.29 is 23.1 Å². The van der Waals surface area contributed by atoms with Crippen molar-refractivity contribution in [3.05, 3.63) is 16.6 Å². The van der Waals surface area contributed by atoms with Crippen molar-refractivity contribution in [2.45, 2.75) is 62.2 Å². The summed E-state index contributed by atoms with van der Waals surface area (Å²) in [6, 6.07) is 2.88. The topological polar surface area (TPSA) is 105 Å². The Hall–Kier alpha value is -1.16. The Morgan fingerprint density at radius 1 is 1.32 bits per heavy atom. The van der Waals surface area contributed by atoms with Crippen molar-refractivity contribution in [2.75, 3.05) is 5.32 Å². The number of sulfonamides is 1. The number of hydrogen-bond acceptors (Lipinski definition) is 5. The zero-order chi connectivity index (χ0) is 18.2. The molecule has 1 aromatic carbocycles. The second kappa shape index (κ2) is 7.22. The molecule has 9 heteroatoms. The zero-order valence-electron chi connectivity index (χ0n) is 13.8. The van der Waals surface area contributed by atoms with E-state index in [2.05, 4.69) is 26.0 Å². The molecule has 0 spiro atoms.